The quantitative estimate of drug-likeness (QED) is 0.636. The maximum atomic E-state index is 11.8. The minimum absolute atomic E-state index is 0.264. The van der Waals surface area contributed by atoms with Gasteiger partial charge in [-0.2, -0.15) is 0 Å². The van der Waals surface area contributed by atoms with Crippen LogP contribution in [0.15, 0.2) is 9.95 Å². The topological polar surface area (TPSA) is 49.0 Å². The molecule has 1 aromatic heterocycles. The lowest BCUT2D eigenvalue weighted by atomic mass is 10.9. The highest BCUT2D eigenvalue weighted by atomic mass is 32.2. The van der Waals surface area contributed by atoms with Gasteiger partial charge >= 0.3 is 5.69 Å². The van der Waals surface area contributed by atoms with E-state index in [1.54, 1.807) is 0 Å². The Morgan fingerprint density at radius 3 is 2.92 bits per heavy atom. The Bertz CT molecular complexity index is 335. The Balaban J connectivity index is 2.93. The molecule has 0 N–H and O–H groups in total. The average Bonchev–Trinajstić information content (AvgIpc) is 2.39. The summed E-state index contributed by atoms with van der Waals surface area (Å²) < 4.78 is 14.0. The summed E-state index contributed by atoms with van der Waals surface area (Å²) in [6.07, 6.45) is 0. The van der Waals surface area contributed by atoms with Crippen LogP contribution >= 0.6 is 11.8 Å². The molecule has 0 radical (unpaired) electrons. The van der Waals surface area contributed by atoms with Crippen LogP contribution in [0.25, 0.3) is 0 Å². The van der Waals surface area contributed by atoms with Gasteiger partial charge in [-0.05, 0) is 0 Å². The predicted octanol–water partition coefficient (Wildman–Crippen LogP) is -0.298. The molecule has 74 valence electrons. The minimum atomic E-state index is -0.459. The van der Waals surface area contributed by atoms with Gasteiger partial charge in [-0.15, -0.1) is 9.83 Å². The fourth-order valence-corrected chi connectivity index (χ4v) is 1.51. The van der Waals surface area contributed by atoms with E-state index >= 15 is 0 Å². The van der Waals surface area contributed by atoms with Crippen molar-refractivity contribution in [2.45, 2.75) is 5.16 Å². The van der Waals surface area contributed by atoms with Gasteiger partial charge in [0.1, 0.15) is 7.11 Å². The summed E-state index contributed by atoms with van der Waals surface area (Å²) >= 11 is 1.14. The summed E-state index contributed by atoms with van der Waals surface area (Å²) in [4.78, 5) is 16.0. The summed E-state index contributed by atoms with van der Waals surface area (Å²) in [5.74, 6) is 0.264. The molecule has 0 saturated carbocycles. The lowest BCUT2D eigenvalue weighted by molar-refractivity contribution is 0.134. The number of aromatic nitrogens is 3. The zero-order valence-corrected chi connectivity index (χ0v) is 8.18. The number of hydrogen-bond donors (Lipinski definition) is 0. The van der Waals surface area contributed by atoms with Crippen LogP contribution in [0.4, 0.5) is 4.39 Å². The van der Waals surface area contributed by atoms with Gasteiger partial charge in [0, 0.05) is 12.8 Å². The van der Waals surface area contributed by atoms with E-state index < -0.39 is 6.67 Å². The van der Waals surface area contributed by atoms with Crippen LogP contribution in [0.2, 0.25) is 0 Å². The second-order valence-electron chi connectivity index (χ2n) is 2.20. The Morgan fingerprint density at radius 2 is 2.38 bits per heavy atom. The molecule has 5 nitrogen and oxygen atoms in total. The molecule has 1 aromatic rings. The number of hydrogen-bond acceptors (Lipinski definition) is 4. The molecule has 0 aliphatic heterocycles. The Labute approximate surface area is 78.4 Å². The highest BCUT2D eigenvalue weighted by molar-refractivity contribution is 7.99. The van der Waals surface area contributed by atoms with Crippen molar-refractivity contribution in [3.05, 3.63) is 10.5 Å². The van der Waals surface area contributed by atoms with E-state index in [0.29, 0.717) is 5.16 Å². The molecular formula is C6H10FN3O2S. The van der Waals surface area contributed by atoms with Crippen molar-refractivity contribution < 1.29 is 9.23 Å². The molecule has 0 aliphatic rings. The normalized spacial score (nSPS) is 10.4. The van der Waals surface area contributed by atoms with Crippen molar-refractivity contribution in [1.29, 1.82) is 0 Å². The van der Waals surface area contributed by atoms with E-state index in [4.69, 9.17) is 4.84 Å². The van der Waals surface area contributed by atoms with Gasteiger partial charge in [-0.3, -0.25) is 4.39 Å². The molecule has 0 atom stereocenters. The van der Waals surface area contributed by atoms with Crippen molar-refractivity contribution in [2.24, 2.45) is 7.05 Å². The number of halogens is 1. The molecule has 0 fully saturated rings. The third-order valence-electron chi connectivity index (χ3n) is 1.35. The van der Waals surface area contributed by atoms with Crippen LogP contribution in [0.5, 0.6) is 0 Å². The predicted molar refractivity (Wildman–Crippen MR) is 46.7 cm³/mol. The number of rotatable bonds is 4. The van der Waals surface area contributed by atoms with Gasteiger partial charge in [0.15, 0.2) is 0 Å². The summed E-state index contributed by atoms with van der Waals surface area (Å²) in [7, 11) is 2.87. The summed E-state index contributed by atoms with van der Waals surface area (Å²) in [6.45, 7) is -0.459. The summed E-state index contributed by atoms with van der Waals surface area (Å²) in [5.41, 5.74) is -0.371. The molecule has 0 aromatic carbocycles. The average molecular weight is 207 g/mol. The van der Waals surface area contributed by atoms with Gasteiger partial charge in [-0.25, -0.2) is 9.48 Å². The first-order valence-corrected chi connectivity index (χ1v) is 4.58. The highest BCUT2D eigenvalue weighted by Crippen LogP contribution is 2.11. The Morgan fingerprint density at radius 1 is 1.69 bits per heavy atom. The van der Waals surface area contributed by atoms with Crippen molar-refractivity contribution in [2.75, 3.05) is 19.5 Å². The fourth-order valence-electron chi connectivity index (χ4n) is 0.799. The molecule has 0 bridgehead atoms. The monoisotopic (exact) mass is 207 g/mol. The van der Waals surface area contributed by atoms with Crippen molar-refractivity contribution in [1.82, 2.24) is 14.5 Å². The molecule has 0 aliphatic carbocycles. The first-order valence-electron chi connectivity index (χ1n) is 3.60. The zero-order chi connectivity index (χ0) is 9.84. The van der Waals surface area contributed by atoms with Crippen LogP contribution in [0.3, 0.4) is 0 Å². The van der Waals surface area contributed by atoms with E-state index in [1.165, 1.54) is 14.2 Å². The number of thioether (sulfide) groups is 1. The van der Waals surface area contributed by atoms with Gasteiger partial charge in [0.2, 0.25) is 5.16 Å². The first kappa shape index (κ1) is 10.1. The Hall–Kier alpha value is -0.980. The highest BCUT2D eigenvalue weighted by Gasteiger charge is 2.11. The zero-order valence-electron chi connectivity index (χ0n) is 7.36. The molecule has 13 heavy (non-hydrogen) atoms. The van der Waals surface area contributed by atoms with Crippen LogP contribution in [0, 0.1) is 0 Å². The second kappa shape index (κ2) is 4.31. The van der Waals surface area contributed by atoms with E-state index in [9.17, 15) is 9.18 Å². The maximum absolute atomic E-state index is 11.8. The maximum Gasteiger partial charge on any atom is 0.379 e. The van der Waals surface area contributed by atoms with Crippen LogP contribution in [0.1, 0.15) is 0 Å². The fraction of sp³-hybridized carbons (Fsp3) is 0.667. The molecule has 0 saturated heterocycles. The lowest BCUT2D eigenvalue weighted by Crippen LogP contribution is -2.26. The largest absolute Gasteiger partial charge is 0.410 e. The number of aryl methyl sites for hydroxylation is 1. The first-order chi connectivity index (χ1) is 6.20. The molecule has 1 heterocycles. The summed E-state index contributed by atoms with van der Waals surface area (Å²) in [6, 6.07) is 0. The summed E-state index contributed by atoms with van der Waals surface area (Å²) in [5, 5.41) is 4.23. The Kier molecular flexibility index (Phi) is 3.35. The third-order valence-corrected chi connectivity index (χ3v) is 2.21. The molecule has 0 amide bonds. The third kappa shape index (κ3) is 2.03. The number of nitrogens with zero attached hydrogens (tertiary/aromatic N) is 3. The van der Waals surface area contributed by atoms with Crippen LogP contribution in [-0.2, 0) is 7.05 Å². The molecule has 0 unspecified atom stereocenters. The second-order valence-corrected chi connectivity index (χ2v) is 3.27. The molecule has 0 spiro atoms. The van der Waals surface area contributed by atoms with E-state index in [1.807, 2.05) is 0 Å². The van der Waals surface area contributed by atoms with Gasteiger partial charge < -0.3 is 4.84 Å². The standard InChI is InChI=1S/C6H10FN3O2S/c1-9-6(11)10(12-2)5(8-9)13-4-3-7/h3-4H2,1-2H3. The van der Waals surface area contributed by atoms with E-state index in [2.05, 4.69) is 5.10 Å². The van der Waals surface area contributed by atoms with Gasteiger partial charge in [-0.1, -0.05) is 11.8 Å². The lowest BCUT2D eigenvalue weighted by Gasteiger charge is -1.99. The molecular weight excluding hydrogens is 197 g/mol. The van der Waals surface area contributed by atoms with Gasteiger partial charge in [0.05, 0.1) is 6.67 Å². The van der Waals surface area contributed by atoms with Gasteiger partial charge in [0.25, 0.3) is 0 Å². The van der Waals surface area contributed by atoms with Crippen molar-refractivity contribution >= 4 is 11.8 Å². The van der Waals surface area contributed by atoms with E-state index in [-0.39, 0.29) is 11.4 Å². The van der Waals surface area contributed by atoms with Crippen molar-refractivity contribution in [3.63, 3.8) is 0 Å². The number of alkyl halides is 1. The molecule has 1 rings (SSSR count). The molecule has 7 heteroatoms. The van der Waals surface area contributed by atoms with Crippen LogP contribution in [-0.4, -0.2) is 34.0 Å². The van der Waals surface area contributed by atoms with Crippen molar-refractivity contribution in [3.8, 4) is 0 Å². The minimum Gasteiger partial charge on any atom is -0.410 e. The SMILES string of the molecule is COn1c(SCCF)nn(C)c1=O. The smallest absolute Gasteiger partial charge is 0.379 e. The van der Waals surface area contributed by atoms with Crippen LogP contribution < -0.4 is 10.5 Å². The van der Waals surface area contributed by atoms with E-state index in [0.717, 1.165) is 21.2 Å².